The van der Waals surface area contributed by atoms with Crippen molar-refractivity contribution in [1.82, 2.24) is 32.8 Å². The summed E-state index contributed by atoms with van der Waals surface area (Å²) in [5.74, 6) is 0.800. The highest BCUT2D eigenvalue weighted by Crippen LogP contribution is 2.56. The first kappa shape index (κ1) is 52.3. The van der Waals surface area contributed by atoms with Gasteiger partial charge < -0.3 is 18.3 Å². The number of fused-ring (bicyclic) bond motifs is 14. The minimum absolute atomic E-state index is 0.800. The van der Waals surface area contributed by atoms with Crippen LogP contribution in [0.2, 0.25) is 0 Å². The highest BCUT2D eigenvalue weighted by molar-refractivity contribution is 7.21. The van der Waals surface area contributed by atoms with E-state index in [-0.39, 0.29) is 0 Å². The topological polar surface area (TPSA) is 50.4 Å². The lowest BCUT2D eigenvalue weighted by Crippen LogP contribution is -2.17. The van der Waals surface area contributed by atoms with Crippen molar-refractivity contribution in [2.75, 3.05) is 0 Å². The molecule has 6 aromatic heterocycles. The normalized spacial score (nSPS) is 12.2. The Bertz CT molecular complexity index is 5580. The highest BCUT2D eigenvalue weighted by atomic mass is 32.1. The lowest BCUT2D eigenvalue weighted by Gasteiger charge is -2.30. The van der Waals surface area contributed by atoms with Crippen LogP contribution < -0.4 is 0 Å². The van der Waals surface area contributed by atoms with E-state index in [4.69, 9.17) is 9.97 Å². The number of thiazole rings is 1. The van der Waals surface area contributed by atoms with Crippen LogP contribution in [-0.4, -0.2) is 32.8 Å². The summed E-state index contributed by atoms with van der Waals surface area (Å²) in [6.07, 6.45) is 0. The third kappa shape index (κ3) is 7.58. The van der Waals surface area contributed by atoms with Gasteiger partial charge in [0.25, 0.3) is 0 Å². The van der Waals surface area contributed by atoms with Crippen molar-refractivity contribution in [1.29, 1.82) is 0 Å². The Morgan fingerprint density at radius 1 is 0.256 bits per heavy atom. The maximum absolute atomic E-state index is 6.16. The highest BCUT2D eigenvalue weighted by Gasteiger charge is 2.38. The van der Waals surface area contributed by atoms with Crippen molar-refractivity contribution in [2.24, 2.45) is 0 Å². The molecule has 0 atom stereocenters. The first-order valence-electron chi connectivity index (χ1n) is 31.1. The van der Waals surface area contributed by atoms with Crippen LogP contribution in [0, 0.1) is 55.4 Å². The average Bonchev–Trinajstić information content (AvgIpc) is 1.42. The molecule has 0 fully saturated rings. The van der Waals surface area contributed by atoms with Gasteiger partial charge in [-0.05, 0) is 189 Å². The standard InChI is InChI=1S/C82H61N7S/c1-46-22-30-65-55(38-46)56-39-47(2)23-31-66(56)86(65)77-75(81-83-63-18-12-14-20-73(63)85(81)54-16-10-9-11-17-54)78(87-67-32-24-48(3)40-57(67)58-41-49(4)25-33-68(58)87)80(89-71-36-28-52(7)44-61(71)62-45-53(8)29-37-72(62)89)76(82-84-64-19-13-15-21-74(64)90-82)79(77)88-69-34-26-50(5)42-59(69)60-43-51(6)27-35-70(60)88/h9-45H,1-8H3. The van der Waals surface area contributed by atoms with Gasteiger partial charge in [0, 0.05) is 48.8 Å². The number of para-hydroxylation sites is 4. The number of rotatable bonds is 7. The molecule has 0 bridgehead atoms. The molecule has 0 aliphatic carbocycles. The molecule has 0 spiro atoms. The van der Waals surface area contributed by atoms with E-state index >= 15 is 0 Å². The zero-order valence-corrected chi connectivity index (χ0v) is 52.2. The number of hydrogen-bond donors (Lipinski definition) is 0. The Labute approximate surface area is 524 Å². The first-order valence-corrected chi connectivity index (χ1v) is 31.9. The minimum atomic E-state index is 0.800. The number of imidazole rings is 1. The predicted octanol–water partition coefficient (Wildman–Crippen LogP) is 21.8. The van der Waals surface area contributed by atoms with Crippen LogP contribution >= 0.6 is 11.3 Å². The summed E-state index contributed by atoms with van der Waals surface area (Å²) < 4.78 is 14.0. The van der Waals surface area contributed by atoms with Crippen molar-refractivity contribution >= 4 is 120 Å². The van der Waals surface area contributed by atoms with Crippen molar-refractivity contribution in [2.45, 2.75) is 55.4 Å². The number of nitrogens with zero attached hydrogens (tertiary/aromatic N) is 7. The van der Waals surface area contributed by atoms with E-state index in [1.54, 1.807) is 11.3 Å². The van der Waals surface area contributed by atoms with E-state index in [2.05, 4.69) is 303 Å². The largest absolute Gasteiger partial charge is 0.306 e. The Kier molecular flexibility index (Phi) is 11.3. The Balaban J connectivity index is 1.26. The number of aromatic nitrogens is 7. The van der Waals surface area contributed by atoms with E-state index in [0.29, 0.717) is 0 Å². The summed E-state index contributed by atoms with van der Waals surface area (Å²) >= 11 is 1.77. The van der Waals surface area contributed by atoms with Crippen molar-refractivity contribution in [3.63, 3.8) is 0 Å². The molecule has 0 N–H and O–H groups in total. The second kappa shape index (κ2) is 19.3. The molecule has 8 heteroatoms. The molecule has 0 amide bonds. The summed E-state index contributed by atoms with van der Waals surface area (Å²) in [6.45, 7) is 17.8. The van der Waals surface area contributed by atoms with Crippen LogP contribution in [0.3, 0.4) is 0 Å². The van der Waals surface area contributed by atoms with Gasteiger partial charge in [0.15, 0.2) is 0 Å². The zero-order chi connectivity index (χ0) is 60.5. The van der Waals surface area contributed by atoms with Gasteiger partial charge in [0.1, 0.15) is 10.8 Å². The maximum Gasteiger partial charge on any atom is 0.150 e. The fourth-order valence-corrected chi connectivity index (χ4v) is 16.0. The van der Waals surface area contributed by atoms with Crippen LogP contribution in [0.4, 0.5) is 0 Å². The molecule has 0 saturated heterocycles. The van der Waals surface area contributed by atoms with Gasteiger partial charge in [-0.25, -0.2) is 9.97 Å². The van der Waals surface area contributed by atoms with E-state index in [1.807, 2.05) is 0 Å². The van der Waals surface area contributed by atoms with Gasteiger partial charge in [0.05, 0.1) is 99.3 Å². The van der Waals surface area contributed by atoms with Gasteiger partial charge in [-0.2, -0.15) is 0 Å². The van der Waals surface area contributed by atoms with E-state index in [9.17, 15) is 0 Å². The van der Waals surface area contributed by atoms with E-state index in [0.717, 1.165) is 116 Å². The Morgan fingerprint density at radius 2 is 0.556 bits per heavy atom. The molecule has 0 aliphatic heterocycles. The smallest absolute Gasteiger partial charge is 0.150 e. The van der Waals surface area contributed by atoms with Crippen molar-refractivity contribution in [3.8, 4) is 50.4 Å². The fraction of sp³-hybridized carbons (Fsp3) is 0.0976. The molecule has 90 heavy (non-hydrogen) atoms. The van der Waals surface area contributed by atoms with E-state index < -0.39 is 0 Å². The summed E-state index contributed by atoms with van der Waals surface area (Å²) in [7, 11) is 0. The van der Waals surface area contributed by atoms with Crippen LogP contribution in [0.5, 0.6) is 0 Å². The molecule has 12 aromatic carbocycles. The lowest BCUT2D eigenvalue weighted by molar-refractivity contribution is 1.02. The van der Waals surface area contributed by atoms with Crippen LogP contribution in [-0.2, 0) is 0 Å². The maximum atomic E-state index is 6.16. The SMILES string of the molecule is Cc1ccc2c(c1)c1cc(C)ccc1n2-c1c(-c2nc3ccccc3s2)c(-n2c3ccc(C)cc3c3cc(C)ccc32)c(-n2c3ccc(C)cc3c3cc(C)ccc32)c(-c2nc3ccccc3n2-c2ccccc2)c1-n1c2ccc(C)cc2c2cc(C)ccc21. The quantitative estimate of drug-likeness (QED) is 0.160. The molecule has 0 saturated carbocycles. The number of benzene rings is 12. The molecule has 7 nitrogen and oxygen atoms in total. The molecule has 18 rings (SSSR count). The molecule has 430 valence electrons. The zero-order valence-electron chi connectivity index (χ0n) is 51.4. The second-order valence-electron chi connectivity index (χ2n) is 25.2. The summed E-state index contributed by atoms with van der Waals surface area (Å²) in [6, 6.07) is 84.6. The van der Waals surface area contributed by atoms with Gasteiger partial charge in [-0.15, -0.1) is 11.3 Å². The molecule has 6 heterocycles. The molecule has 0 radical (unpaired) electrons. The Morgan fingerprint density at radius 3 is 0.900 bits per heavy atom. The van der Waals surface area contributed by atoms with Gasteiger partial charge in [0.2, 0.25) is 0 Å². The Hall–Kier alpha value is -10.8. The average molecular weight is 1180 g/mol. The van der Waals surface area contributed by atoms with Crippen LogP contribution in [0.1, 0.15) is 44.5 Å². The van der Waals surface area contributed by atoms with Gasteiger partial charge in [-0.3, -0.25) is 4.57 Å². The minimum Gasteiger partial charge on any atom is -0.306 e. The summed E-state index contributed by atoms with van der Waals surface area (Å²) in [5.41, 5.74) is 28.0. The third-order valence-corrected chi connectivity index (χ3v) is 20.0. The van der Waals surface area contributed by atoms with Gasteiger partial charge >= 0.3 is 0 Å². The van der Waals surface area contributed by atoms with Crippen LogP contribution in [0.15, 0.2) is 224 Å². The lowest BCUT2D eigenvalue weighted by atomic mass is 9.96. The molecule has 0 aliphatic rings. The monoisotopic (exact) mass is 1180 g/mol. The number of aryl methyl sites for hydroxylation is 8. The molecule has 0 unspecified atom stereocenters. The predicted molar refractivity (Wildman–Crippen MR) is 380 cm³/mol. The van der Waals surface area contributed by atoms with Crippen molar-refractivity contribution < 1.29 is 0 Å². The van der Waals surface area contributed by atoms with Crippen molar-refractivity contribution in [3.05, 3.63) is 269 Å². The molecule has 18 aromatic rings. The fourth-order valence-electron chi connectivity index (χ4n) is 15.0. The second-order valence-corrected chi connectivity index (χ2v) is 26.3. The third-order valence-electron chi connectivity index (χ3n) is 18.9. The molecular formula is C82H61N7S. The summed E-state index contributed by atoms with van der Waals surface area (Å²) in [5, 5.41) is 10.3. The summed E-state index contributed by atoms with van der Waals surface area (Å²) in [4.78, 5) is 12.2. The van der Waals surface area contributed by atoms with Gasteiger partial charge in [-0.1, -0.05) is 136 Å². The van der Waals surface area contributed by atoms with E-state index in [1.165, 1.54) is 87.6 Å². The molecular weight excluding hydrogens is 1120 g/mol. The number of hydrogen-bond acceptors (Lipinski definition) is 3. The van der Waals surface area contributed by atoms with Crippen LogP contribution in [0.25, 0.3) is 159 Å². The first-order chi connectivity index (χ1) is 43.9.